The van der Waals surface area contributed by atoms with Crippen molar-refractivity contribution in [2.24, 2.45) is 5.92 Å². The molecule has 0 saturated carbocycles. The van der Waals surface area contributed by atoms with Crippen LogP contribution in [0.15, 0.2) is 65.6 Å². The van der Waals surface area contributed by atoms with Crippen LogP contribution in [-0.2, 0) is 14.8 Å². The first kappa shape index (κ1) is 26.0. The first-order chi connectivity index (χ1) is 16.4. The van der Waals surface area contributed by atoms with Crippen LogP contribution in [-0.4, -0.2) is 31.4 Å². The lowest BCUT2D eigenvalue weighted by atomic mass is 10.0. The molecule has 0 aliphatic carbocycles. The number of carbonyl (C=O) groups excluding carboxylic acids is 1. The number of rotatable bonds is 8. The maximum absolute atomic E-state index is 13.1. The van der Waals surface area contributed by atoms with Crippen LogP contribution in [0.3, 0.4) is 0 Å². The Labute approximate surface area is 206 Å². The van der Waals surface area contributed by atoms with Gasteiger partial charge in [-0.05, 0) is 73.2 Å². The number of anilines is 1. The van der Waals surface area contributed by atoms with Crippen molar-refractivity contribution in [2.75, 3.05) is 4.72 Å². The molecule has 35 heavy (non-hydrogen) atoms. The van der Waals surface area contributed by atoms with Gasteiger partial charge in [-0.15, -0.1) is 0 Å². The molecule has 0 aliphatic heterocycles. The smallest absolute Gasteiger partial charge is 0.326 e. The lowest BCUT2D eigenvalue weighted by molar-refractivity contribution is -0.140. The highest BCUT2D eigenvalue weighted by atomic mass is 32.2. The molecule has 0 unspecified atom stereocenters. The van der Waals surface area contributed by atoms with Crippen molar-refractivity contribution in [1.29, 1.82) is 0 Å². The summed E-state index contributed by atoms with van der Waals surface area (Å²) in [6.07, 6.45) is 0. The van der Waals surface area contributed by atoms with E-state index in [2.05, 4.69) is 10.0 Å². The fourth-order valence-corrected chi connectivity index (χ4v) is 5.62. The molecule has 0 heterocycles. The van der Waals surface area contributed by atoms with Gasteiger partial charge >= 0.3 is 5.97 Å². The Bertz CT molecular complexity index is 1340. The number of carboxylic acid groups (broad SMARTS) is 1. The van der Waals surface area contributed by atoms with Gasteiger partial charge < -0.3 is 10.4 Å². The SMILES string of the molecule is Cc1cc(C)c(S(=O)(=O)Nc2cccc(-c3ccc(C(=O)N[C@H](C(=O)O)C(C)C)cc3)c2)c(C)c1. The van der Waals surface area contributed by atoms with Crippen molar-refractivity contribution >= 4 is 27.6 Å². The molecular formula is C27H30N2O5S. The number of amides is 1. The van der Waals surface area contributed by atoms with Gasteiger partial charge in [-0.3, -0.25) is 9.52 Å². The quantitative estimate of drug-likeness (QED) is 0.412. The van der Waals surface area contributed by atoms with Crippen LogP contribution in [0.1, 0.15) is 40.9 Å². The maximum atomic E-state index is 13.1. The van der Waals surface area contributed by atoms with Gasteiger partial charge in [0.05, 0.1) is 4.90 Å². The van der Waals surface area contributed by atoms with Crippen molar-refractivity contribution in [3.05, 3.63) is 82.9 Å². The molecule has 0 bridgehead atoms. The Balaban J connectivity index is 1.82. The van der Waals surface area contributed by atoms with Gasteiger partial charge in [0.2, 0.25) is 0 Å². The number of aliphatic carboxylic acids is 1. The van der Waals surface area contributed by atoms with E-state index in [1.54, 1.807) is 70.2 Å². The molecule has 3 aromatic carbocycles. The third-order valence-electron chi connectivity index (χ3n) is 5.69. The number of carbonyl (C=O) groups is 2. The number of hydrogen-bond donors (Lipinski definition) is 3. The zero-order chi connectivity index (χ0) is 25.9. The monoisotopic (exact) mass is 494 g/mol. The number of carboxylic acids is 1. The van der Waals surface area contributed by atoms with Crippen LogP contribution in [0, 0.1) is 26.7 Å². The van der Waals surface area contributed by atoms with Gasteiger partial charge in [-0.2, -0.15) is 0 Å². The van der Waals surface area contributed by atoms with Crippen molar-refractivity contribution in [3.63, 3.8) is 0 Å². The third-order valence-corrected chi connectivity index (χ3v) is 7.37. The summed E-state index contributed by atoms with van der Waals surface area (Å²) < 4.78 is 28.9. The highest BCUT2D eigenvalue weighted by Gasteiger charge is 2.24. The maximum Gasteiger partial charge on any atom is 0.326 e. The first-order valence-corrected chi connectivity index (χ1v) is 12.7. The van der Waals surface area contributed by atoms with E-state index < -0.39 is 27.9 Å². The van der Waals surface area contributed by atoms with Crippen LogP contribution < -0.4 is 10.0 Å². The molecule has 184 valence electrons. The van der Waals surface area contributed by atoms with Crippen molar-refractivity contribution in [3.8, 4) is 11.1 Å². The summed E-state index contributed by atoms with van der Waals surface area (Å²) in [5.41, 5.74) is 4.67. The molecule has 0 radical (unpaired) electrons. The Morgan fingerprint density at radius 3 is 2.00 bits per heavy atom. The average Bonchev–Trinajstić information content (AvgIpc) is 2.75. The molecule has 1 amide bonds. The second kappa shape index (κ2) is 10.3. The van der Waals surface area contributed by atoms with E-state index in [1.165, 1.54) is 0 Å². The number of sulfonamides is 1. The summed E-state index contributed by atoms with van der Waals surface area (Å²) in [4.78, 5) is 24.1. The minimum Gasteiger partial charge on any atom is -0.480 e. The molecule has 0 fully saturated rings. The van der Waals surface area contributed by atoms with Gasteiger partial charge in [0.25, 0.3) is 15.9 Å². The summed E-state index contributed by atoms with van der Waals surface area (Å²) in [6.45, 7) is 8.94. The van der Waals surface area contributed by atoms with Crippen LogP contribution in [0.5, 0.6) is 0 Å². The summed E-state index contributed by atoms with van der Waals surface area (Å²) in [5, 5.41) is 11.8. The Morgan fingerprint density at radius 2 is 1.46 bits per heavy atom. The number of hydrogen-bond acceptors (Lipinski definition) is 4. The first-order valence-electron chi connectivity index (χ1n) is 11.2. The zero-order valence-electron chi connectivity index (χ0n) is 20.4. The lowest BCUT2D eigenvalue weighted by Crippen LogP contribution is -2.44. The van der Waals surface area contributed by atoms with Crippen LogP contribution >= 0.6 is 0 Å². The summed E-state index contributed by atoms with van der Waals surface area (Å²) in [7, 11) is -3.78. The minimum atomic E-state index is -3.78. The molecule has 8 heteroatoms. The molecule has 0 saturated heterocycles. The molecular weight excluding hydrogens is 464 g/mol. The van der Waals surface area contributed by atoms with Crippen LogP contribution in [0.25, 0.3) is 11.1 Å². The molecule has 3 N–H and O–H groups in total. The predicted octanol–water partition coefficient (Wildman–Crippen LogP) is 4.92. The minimum absolute atomic E-state index is 0.255. The summed E-state index contributed by atoms with van der Waals surface area (Å²) in [6, 6.07) is 16.4. The summed E-state index contributed by atoms with van der Waals surface area (Å²) in [5.74, 6) is -1.81. The Morgan fingerprint density at radius 1 is 0.857 bits per heavy atom. The van der Waals surface area contributed by atoms with Gasteiger partial charge in [0.1, 0.15) is 6.04 Å². The fraction of sp³-hybridized carbons (Fsp3) is 0.259. The van der Waals surface area contributed by atoms with E-state index in [-0.39, 0.29) is 10.8 Å². The third kappa shape index (κ3) is 6.08. The van der Waals surface area contributed by atoms with E-state index >= 15 is 0 Å². The normalized spacial score (nSPS) is 12.3. The van der Waals surface area contributed by atoms with Gasteiger partial charge in [0, 0.05) is 11.3 Å². The average molecular weight is 495 g/mol. The molecule has 7 nitrogen and oxygen atoms in total. The van der Waals surface area contributed by atoms with Crippen molar-refractivity contribution in [2.45, 2.75) is 45.6 Å². The topological polar surface area (TPSA) is 113 Å². The van der Waals surface area contributed by atoms with Gasteiger partial charge in [0.15, 0.2) is 0 Å². The van der Waals surface area contributed by atoms with E-state index in [0.29, 0.717) is 22.4 Å². The Kier molecular flexibility index (Phi) is 7.65. The van der Waals surface area contributed by atoms with E-state index in [9.17, 15) is 23.1 Å². The molecule has 0 spiro atoms. The Hall–Kier alpha value is -3.65. The zero-order valence-corrected chi connectivity index (χ0v) is 21.2. The van der Waals surface area contributed by atoms with E-state index in [0.717, 1.165) is 16.7 Å². The van der Waals surface area contributed by atoms with Crippen LogP contribution in [0.4, 0.5) is 5.69 Å². The second-order valence-corrected chi connectivity index (χ2v) is 10.6. The van der Waals surface area contributed by atoms with E-state index in [4.69, 9.17) is 0 Å². The number of nitrogens with one attached hydrogen (secondary N) is 2. The van der Waals surface area contributed by atoms with Crippen LogP contribution in [0.2, 0.25) is 0 Å². The number of benzene rings is 3. The van der Waals surface area contributed by atoms with Crippen molar-refractivity contribution < 1.29 is 23.1 Å². The van der Waals surface area contributed by atoms with Gasteiger partial charge in [-0.1, -0.05) is 55.8 Å². The largest absolute Gasteiger partial charge is 0.480 e. The van der Waals surface area contributed by atoms with Crippen molar-refractivity contribution in [1.82, 2.24) is 5.32 Å². The second-order valence-electron chi connectivity index (χ2n) is 9.02. The molecule has 3 rings (SSSR count). The highest BCUT2D eigenvalue weighted by Crippen LogP contribution is 2.27. The lowest BCUT2D eigenvalue weighted by Gasteiger charge is -2.18. The standard InChI is InChI=1S/C27H30N2O5S/c1-16(2)24(27(31)32)28-26(30)21-11-9-20(10-12-21)22-7-6-8-23(15-22)29-35(33,34)25-18(4)13-17(3)14-19(25)5/h6-16,24,29H,1-5H3,(H,28,30)(H,31,32)/t24-/m0/s1. The number of aryl methyl sites for hydroxylation is 3. The molecule has 0 aliphatic rings. The molecule has 0 aromatic heterocycles. The summed E-state index contributed by atoms with van der Waals surface area (Å²) >= 11 is 0. The van der Waals surface area contributed by atoms with E-state index in [1.807, 2.05) is 25.1 Å². The van der Waals surface area contributed by atoms with Gasteiger partial charge in [-0.25, -0.2) is 13.2 Å². The predicted molar refractivity (Wildman–Crippen MR) is 137 cm³/mol. The fourth-order valence-electron chi connectivity index (χ4n) is 4.11. The molecule has 3 aromatic rings. The highest BCUT2D eigenvalue weighted by molar-refractivity contribution is 7.92. The molecule has 1 atom stereocenters.